The minimum absolute atomic E-state index is 0.618. The molecule has 2 saturated heterocycles. The van der Waals surface area contributed by atoms with Crippen LogP contribution in [0.1, 0.15) is 18.7 Å². The summed E-state index contributed by atoms with van der Waals surface area (Å²) in [6, 6.07) is 4.49. The molecule has 1 N–H and O–H groups in total. The van der Waals surface area contributed by atoms with Crippen molar-refractivity contribution in [3.05, 3.63) is 30.4 Å². The molecular formula is C17H24N4O. The highest BCUT2D eigenvalue weighted by molar-refractivity contribution is 5.59. The van der Waals surface area contributed by atoms with Crippen LogP contribution in [0.15, 0.2) is 24.5 Å². The zero-order valence-electron chi connectivity index (χ0n) is 13.0. The number of imidazole rings is 1. The van der Waals surface area contributed by atoms with Gasteiger partial charge in [-0.3, -0.25) is 0 Å². The largest absolute Gasteiger partial charge is 0.381 e. The van der Waals surface area contributed by atoms with Crippen molar-refractivity contribution in [3.63, 3.8) is 0 Å². The molecule has 118 valence electrons. The number of fused-ring (bicyclic) bond motifs is 1. The standard InChI is InChI=1S/C17H24N4O/c1-2-14(13-22-9-1)10-17-19-12-16-11-15(3-6-21(16)17)20-7-4-18-5-8-20/h3,6,11-12,14,18H,1-2,4-5,7-10,13H2. The predicted octanol–water partition coefficient (Wildman–Crippen LogP) is 1.71. The van der Waals surface area contributed by atoms with Gasteiger partial charge in [-0.15, -0.1) is 0 Å². The summed E-state index contributed by atoms with van der Waals surface area (Å²) in [6.45, 7) is 6.10. The summed E-state index contributed by atoms with van der Waals surface area (Å²) < 4.78 is 7.83. The number of hydrogen-bond donors (Lipinski definition) is 1. The molecule has 2 fully saturated rings. The molecule has 4 rings (SSSR count). The van der Waals surface area contributed by atoms with Crippen molar-refractivity contribution < 1.29 is 4.74 Å². The SMILES string of the molecule is c1cn2c(CC3CCCOC3)ncc2cc1N1CCNCC1. The number of nitrogens with zero attached hydrogens (tertiary/aromatic N) is 3. The number of piperazine rings is 1. The van der Waals surface area contributed by atoms with Crippen LogP contribution in [0.3, 0.4) is 0 Å². The Morgan fingerprint density at radius 2 is 2.23 bits per heavy atom. The van der Waals surface area contributed by atoms with Gasteiger partial charge < -0.3 is 19.4 Å². The van der Waals surface area contributed by atoms with E-state index in [0.717, 1.165) is 51.6 Å². The first kappa shape index (κ1) is 14.0. The number of pyridine rings is 1. The Morgan fingerprint density at radius 1 is 1.32 bits per heavy atom. The van der Waals surface area contributed by atoms with E-state index in [-0.39, 0.29) is 0 Å². The lowest BCUT2D eigenvalue weighted by molar-refractivity contribution is 0.0542. The van der Waals surface area contributed by atoms with Crippen LogP contribution in [-0.2, 0) is 11.2 Å². The van der Waals surface area contributed by atoms with E-state index in [9.17, 15) is 0 Å². The molecule has 4 heterocycles. The molecule has 0 radical (unpaired) electrons. The van der Waals surface area contributed by atoms with Crippen molar-refractivity contribution in [2.45, 2.75) is 19.3 Å². The predicted molar refractivity (Wildman–Crippen MR) is 87.5 cm³/mol. The molecule has 0 spiro atoms. The fourth-order valence-corrected chi connectivity index (χ4v) is 3.54. The Morgan fingerprint density at radius 3 is 3.05 bits per heavy atom. The summed E-state index contributed by atoms with van der Waals surface area (Å²) >= 11 is 0. The average Bonchev–Trinajstić information content (AvgIpc) is 2.99. The van der Waals surface area contributed by atoms with Crippen LogP contribution in [0.2, 0.25) is 0 Å². The second-order valence-corrected chi connectivity index (χ2v) is 6.38. The lowest BCUT2D eigenvalue weighted by atomic mass is 9.98. The summed E-state index contributed by atoms with van der Waals surface area (Å²) in [5.41, 5.74) is 2.50. The Labute approximate surface area is 131 Å². The smallest absolute Gasteiger partial charge is 0.113 e. The second-order valence-electron chi connectivity index (χ2n) is 6.38. The number of hydrogen-bond acceptors (Lipinski definition) is 4. The molecule has 0 amide bonds. The van der Waals surface area contributed by atoms with Gasteiger partial charge in [0.1, 0.15) is 5.82 Å². The topological polar surface area (TPSA) is 41.8 Å². The maximum Gasteiger partial charge on any atom is 0.113 e. The van der Waals surface area contributed by atoms with E-state index in [1.807, 2.05) is 6.20 Å². The normalized spacial score (nSPS) is 23.1. The van der Waals surface area contributed by atoms with Crippen LogP contribution in [0.4, 0.5) is 5.69 Å². The fourth-order valence-electron chi connectivity index (χ4n) is 3.54. The molecule has 2 aliphatic rings. The maximum absolute atomic E-state index is 5.59. The summed E-state index contributed by atoms with van der Waals surface area (Å²) in [4.78, 5) is 7.09. The zero-order chi connectivity index (χ0) is 14.8. The summed E-state index contributed by atoms with van der Waals surface area (Å²) in [5.74, 6) is 1.78. The van der Waals surface area contributed by atoms with Crippen LogP contribution >= 0.6 is 0 Å². The van der Waals surface area contributed by atoms with Gasteiger partial charge in [0.15, 0.2) is 0 Å². The van der Waals surface area contributed by atoms with E-state index in [4.69, 9.17) is 4.74 Å². The first-order chi connectivity index (χ1) is 10.9. The summed E-state index contributed by atoms with van der Waals surface area (Å²) in [5, 5.41) is 3.40. The van der Waals surface area contributed by atoms with Crippen LogP contribution in [0.5, 0.6) is 0 Å². The molecule has 2 aromatic rings. The summed E-state index contributed by atoms with van der Waals surface area (Å²) in [7, 11) is 0. The number of rotatable bonds is 3. The Bertz CT molecular complexity index is 627. The highest BCUT2D eigenvalue weighted by Gasteiger charge is 2.17. The van der Waals surface area contributed by atoms with Crippen molar-refractivity contribution in [3.8, 4) is 0 Å². The Kier molecular flexibility index (Phi) is 3.99. The van der Waals surface area contributed by atoms with Crippen LogP contribution in [0.25, 0.3) is 5.52 Å². The van der Waals surface area contributed by atoms with Crippen molar-refractivity contribution >= 4 is 11.2 Å². The van der Waals surface area contributed by atoms with Gasteiger partial charge in [0.05, 0.1) is 11.7 Å². The van der Waals surface area contributed by atoms with Crippen LogP contribution < -0.4 is 10.2 Å². The number of nitrogens with one attached hydrogen (secondary N) is 1. The second kappa shape index (κ2) is 6.26. The quantitative estimate of drug-likeness (QED) is 0.937. The van der Waals surface area contributed by atoms with Gasteiger partial charge in [0.2, 0.25) is 0 Å². The van der Waals surface area contributed by atoms with Crippen molar-refractivity contribution in [1.82, 2.24) is 14.7 Å². The van der Waals surface area contributed by atoms with Crippen molar-refractivity contribution in [2.24, 2.45) is 5.92 Å². The van der Waals surface area contributed by atoms with Gasteiger partial charge in [0, 0.05) is 57.7 Å². The van der Waals surface area contributed by atoms with Crippen LogP contribution in [0, 0.1) is 5.92 Å². The van der Waals surface area contributed by atoms with E-state index in [2.05, 4.69) is 37.9 Å². The molecule has 0 aliphatic carbocycles. The fraction of sp³-hybridized carbons (Fsp3) is 0.588. The average molecular weight is 300 g/mol. The highest BCUT2D eigenvalue weighted by Crippen LogP contribution is 2.22. The molecule has 22 heavy (non-hydrogen) atoms. The first-order valence-corrected chi connectivity index (χ1v) is 8.39. The van der Waals surface area contributed by atoms with Crippen molar-refractivity contribution in [2.75, 3.05) is 44.3 Å². The monoisotopic (exact) mass is 300 g/mol. The highest BCUT2D eigenvalue weighted by atomic mass is 16.5. The Balaban J connectivity index is 1.54. The van der Waals surface area contributed by atoms with Gasteiger partial charge >= 0.3 is 0 Å². The van der Waals surface area contributed by atoms with E-state index >= 15 is 0 Å². The van der Waals surface area contributed by atoms with E-state index in [1.165, 1.54) is 24.0 Å². The first-order valence-electron chi connectivity index (χ1n) is 8.39. The van der Waals surface area contributed by atoms with Gasteiger partial charge in [-0.1, -0.05) is 0 Å². The van der Waals surface area contributed by atoms with Gasteiger partial charge in [-0.05, 0) is 30.9 Å². The number of aromatic nitrogens is 2. The third-order valence-electron chi connectivity index (χ3n) is 4.80. The zero-order valence-corrected chi connectivity index (χ0v) is 13.0. The minimum atomic E-state index is 0.618. The Hall–Kier alpha value is -1.59. The molecule has 0 saturated carbocycles. The minimum Gasteiger partial charge on any atom is -0.381 e. The van der Waals surface area contributed by atoms with Gasteiger partial charge in [-0.2, -0.15) is 0 Å². The van der Waals surface area contributed by atoms with E-state index < -0.39 is 0 Å². The summed E-state index contributed by atoms with van der Waals surface area (Å²) in [6.07, 6.45) is 7.64. The van der Waals surface area contributed by atoms with E-state index in [1.54, 1.807) is 0 Å². The molecule has 2 aromatic heterocycles. The van der Waals surface area contributed by atoms with Gasteiger partial charge in [0.25, 0.3) is 0 Å². The molecule has 1 unspecified atom stereocenters. The molecule has 0 aromatic carbocycles. The molecule has 0 bridgehead atoms. The maximum atomic E-state index is 5.59. The lowest BCUT2D eigenvalue weighted by Crippen LogP contribution is -2.43. The van der Waals surface area contributed by atoms with E-state index in [0.29, 0.717) is 5.92 Å². The third kappa shape index (κ3) is 2.83. The molecule has 5 heteroatoms. The van der Waals surface area contributed by atoms with Crippen molar-refractivity contribution in [1.29, 1.82) is 0 Å². The van der Waals surface area contributed by atoms with Crippen LogP contribution in [-0.4, -0.2) is 48.8 Å². The third-order valence-corrected chi connectivity index (χ3v) is 4.80. The molecule has 1 atom stereocenters. The number of anilines is 1. The molecular weight excluding hydrogens is 276 g/mol. The number of ether oxygens (including phenoxy) is 1. The molecule has 5 nitrogen and oxygen atoms in total. The lowest BCUT2D eigenvalue weighted by Gasteiger charge is -2.29. The molecule has 2 aliphatic heterocycles. The van der Waals surface area contributed by atoms with Gasteiger partial charge in [-0.25, -0.2) is 4.98 Å².